The zero-order valence-corrected chi connectivity index (χ0v) is 23.6. The van der Waals surface area contributed by atoms with Crippen molar-refractivity contribution < 1.29 is 14.3 Å². The van der Waals surface area contributed by atoms with Gasteiger partial charge in [-0.3, -0.25) is 15.3 Å². The molecule has 0 aliphatic carbocycles. The van der Waals surface area contributed by atoms with E-state index in [1.807, 2.05) is 37.3 Å². The van der Waals surface area contributed by atoms with Crippen molar-refractivity contribution in [2.45, 2.75) is 25.5 Å². The number of imide groups is 1. The van der Waals surface area contributed by atoms with E-state index >= 15 is 0 Å². The first-order chi connectivity index (χ1) is 18.6. The number of aryl methyl sites for hydroxylation is 2. The van der Waals surface area contributed by atoms with Crippen LogP contribution in [0, 0.1) is 6.92 Å². The average molecular weight is 601 g/mol. The number of carbonyl (C=O) groups excluding carboxylic acids is 2. The highest BCUT2D eigenvalue weighted by molar-refractivity contribution is 6.46. The number of halogens is 4. The van der Waals surface area contributed by atoms with E-state index in [0.717, 1.165) is 16.0 Å². The van der Waals surface area contributed by atoms with E-state index in [9.17, 15) is 9.59 Å². The summed E-state index contributed by atoms with van der Waals surface area (Å²) in [6.07, 6.45) is 0.724. The molecule has 1 aliphatic heterocycles. The minimum atomic E-state index is -1.62. The molecule has 0 saturated heterocycles. The summed E-state index contributed by atoms with van der Waals surface area (Å²) in [5.74, 6) is -0.559. The van der Waals surface area contributed by atoms with Crippen LogP contribution in [0.15, 0.2) is 72.8 Å². The van der Waals surface area contributed by atoms with Gasteiger partial charge in [-0.25, -0.2) is 9.88 Å². The zero-order chi connectivity index (χ0) is 27.9. The summed E-state index contributed by atoms with van der Waals surface area (Å²) in [7, 11) is 0. The quantitative estimate of drug-likeness (QED) is 0.134. The van der Waals surface area contributed by atoms with Crippen molar-refractivity contribution in [1.29, 1.82) is 0 Å². The van der Waals surface area contributed by atoms with E-state index in [4.69, 9.17) is 56.9 Å². The van der Waals surface area contributed by atoms with Crippen LogP contribution >= 0.6 is 46.4 Å². The first kappa shape index (κ1) is 27.4. The van der Waals surface area contributed by atoms with Crippen LogP contribution < -0.4 is 15.4 Å². The third kappa shape index (κ3) is 5.23. The van der Waals surface area contributed by atoms with Crippen LogP contribution in [0.4, 0.5) is 5.69 Å². The maximum atomic E-state index is 13.1. The van der Waals surface area contributed by atoms with Crippen molar-refractivity contribution in [2.75, 3.05) is 4.90 Å². The lowest BCUT2D eigenvalue weighted by atomic mass is 9.96. The van der Waals surface area contributed by atoms with E-state index in [1.54, 1.807) is 42.5 Å². The molecule has 1 aliphatic rings. The van der Waals surface area contributed by atoms with Gasteiger partial charge in [0.25, 0.3) is 11.8 Å². The normalized spacial score (nSPS) is 14.4. The van der Waals surface area contributed by atoms with Crippen LogP contribution in [0.3, 0.4) is 0 Å². The number of benzene rings is 3. The van der Waals surface area contributed by atoms with E-state index < -0.39 is 17.5 Å². The molecule has 0 bridgehead atoms. The molecule has 1 atom stereocenters. The lowest BCUT2D eigenvalue weighted by Gasteiger charge is -2.33. The second-order valence-corrected chi connectivity index (χ2v) is 10.6. The maximum absolute atomic E-state index is 13.1. The van der Waals surface area contributed by atoms with Crippen LogP contribution in [-0.2, 0) is 12.1 Å². The van der Waals surface area contributed by atoms with Gasteiger partial charge in [-0.2, -0.15) is 0 Å². The zero-order valence-electron chi connectivity index (χ0n) is 20.6. The molecule has 2 heterocycles. The molecule has 2 N–H and O–H groups in total. The number of carbonyl (C=O) groups is 2. The predicted molar refractivity (Wildman–Crippen MR) is 154 cm³/mol. The van der Waals surface area contributed by atoms with E-state index in [2.05, 4.69) is 4.98 Å². The molecule has 10 heteroatoms. The van der Waals surface area contributed by atoms with Gasteiger partial charge in [0.2, 0.25) is 0 Å². The number of aromatic nitrogens is 1. The summed E-state index contributed by atoms with van der Waals surface area (Å²) in [6, 6.07) is 21.4. The Morgan fingerprint density at radius 3 is 2.00 bits per heavy atom. The second kappa shape index (κ2) is 10.8. The van der Waals surface area contributed by atoms with E-state index in [0.29, 0.717) is 23.2 Å². The molecule has 0 saturated carbocycles. The largest absolute Gasteiger partial charge is 0.469 e. The van der Waals surface area contributed by atoms with E-state index in [-0.39, 0.29) is 38.1 Å². The highest BCUT2D eigenvalue weighted by Crippen LogP contribution is 2.43. The fourth-order valence-corrected chi connectivity index (χ4v) is 5.65. The van der Waals surface area contributed by atoms with Gasteiger partial charge in [0, 0.05) is 12.5 Å². The SMILES string of the molecule is Cc1cc(OC(N)(CCc2ccccc2)c2c(Cl)c(Cl)nc(Cl)c2Cl)cc(N2C(=O)c3ccccc3C2=O)c1. The smallest absolute Gasteiger partial charge is 0.266 e. The molecular weight excluding hydrogens is 580 g/mol. The standard InChI is InChI=1S/C29H21Cl4N3O3/c1-16-13-18(36-27(37)20-9-5-6-10-21(20)28(36)38)15-19(14-16)39-29(34,12-11-17-7-3-2-4-8-17)22-23(30)25(32)35-26(33)24(22)31/h2-10,13-15H,11-12,34H2,1H3. The monoisotopic (exact) mass is 599 g/mol. The molecule has 198 valence electrons. The lowest BCUT2D eigenvalue weighted by Crippen LogP contribution is -2.44. The molecule has 1 unspecified atom stereocenters. The Morgan fingerprint density at radius 1 is 0.846 bits per heavy atom. The Balaban J connectivity index is 1.57. The van der Waals surface area contributed by atoms with Crippen molar-refractivity contribution >= 4 is 63.9 Å². The van der Waals surface area contributed by atoms with Crippen molar-refractivity contribution in [3.63, 3.8) is 0 Å². The van der Waals surface area contributed by atoms with Crippen LogP contribution in [0.5, 0.6) is 5.75 Å². The first-order valence-electron chi connectivity index (χ1n) is 11.9. The number of hydrogen-bond donors (Lipinski definition) is 1. The van der Waals surface area contributed by atoms with Crippen LogP contribution in [0.2, 0.25) is 20.4 Å². The minimum Gasteiger partial charge on any atom is -0.469 e. The molecule has 0 fully saturated rings. The molecule has 4 aromatic rings. The minimum absolute atomic E-state index is 0.00912. The van der Waals surface area contributed by atoms with E-state index in [1.165, 1.54) is 0 Å². The number of ether oxygens (including phenoxy) is 1. The summed E-state index contributed by atoms with van der Waals surface area (Å²) in [5, 5.41) is -0.130. The van der Waals surface area contributed by atoms with Crippen molar-refractivity contribution in [1.82, 2.24) is 4.98 Å². The summed E-state index contributed by atoms with van der Waals surface area (Å²) in [5.41, 5.74) is 8.23. The second-order valence-electron chi connectivity index (χ2n) is 9.17. The number of nitrogens with zero attached hydrogens (tertiary/aromatic N) is 2. The van der Waals surface area contributed by atoms with Crippen molar-refractivity contribution in [3.05, 3.63) is 121 Å². The van der Waals surface area contributed by atoms with Crippen molar-refractivity contribution in [2.24, 2.45) is 5.73 Å². The molecule has 3 aromatic carbocycles. The van der Waals surface area contributed by atoms with Gasteiger partial charge in [-0.1, -0.05) is 88.9 Å². The fourth-order valence-electron chi connectivity index (χ4n) is 4.61. The number of pyridine rings is 1. The first-order valence-corrected chi connectivity index (χ1v) is 13.4. The molecule has 39 heavy (non-hydrogen) atoms. The Bertz CT molecular complexity index is 1550. The summed E-state index contributed by atoms with van der Waals surface area (Å²) in [4.78, 5) is 31.3. The molecule has 6 nitrogen and oxygen atoms in total. The molecular formula is C29H21Cl4N3O3. The van der Waals surface area contributed by atoms with Crippen molar-refractivity contribution in [3.8, 4) is 5.75 Å². The Kier molecular flexibility index (Phi) is 7.60. The van der Waals surface area contributed by atoms with Gasteiger partial charge < -0.3 is 4.74 Å². The number of rotatable bonds is 7. The van der Waals surface area contributed by atoms with Crippen LogP contribution in [0.25, 0.3) is 0 Å². The fraction of sp³-hybridized carbons (Fsp3) is 0.138. The van der Waals surface area contributed by atoms with Gasteiger partial charge in [-0.15, -0.1) is 0 Å². The highest BCUT2D eigenvalue weighted by Gasteiger charge is 2.39. The number of nitrogens with two attached hydrogens (primary N) is 1. The predicted octanol–water partition coefficient (Wildman–Crippen LogP) is 7.63. The Morgan fingerprint density at radius 2 is 1.41 bits per heavy atom. The van der Waals surface area contributed by atoms with Gasteiger partial charge in [0.1, 0.15) is 16.1 Å². The topological polar surface area (TPSA) is 85.5 Å². The van der Waals surface area contributed by atoms with Crippen LogP contribution in [-0.4, -0.2) is 16.8 Å². The Labute approximate surface area is 245 Å². The molecule has 2 amide bonds. The molecule has 0 spiro atoms. The van der Waals surface area contributed by atoms with Crippen LogP contribution in [0.1, 0.15) is 43.8 Å². The van der Waals surface area contributed by atoms with Gasteiger partial charge in [0.05, 0.1) is 32.4 Å². The molecule has 0 radical (unpaired) electrons. The van der Waals surface area contributed by atoms with Gasteiger partial charge in [0.15, 0.2) is 5.72 Å². The Hall–Kier alpha value is -3.13. The van der Waals surface area contributed by atoms with Gasteiger partial charge in [-0.05, 0) is 48.7 Å². The van der Waals surface area contributed by atoms with Gasteiger partial charge >= 0.3 is 0 Å². The molecule has 1 aromatic heterocycles. The number of amides is 2. The molecule has 5 rings (SSSR count). The third-order valence-corrected chi connectivity index (χ3v) is 7.91. The number of anilines is 1. The highest BCUT2D eigenvalue weighted by atomic mass is 35.5. The third-order valence-electron chi connectivity index (χ3n) is 6.44. The lowest BCUT2D eigenvalue weighted by molar-refractivity contribution is 0.0638. The summed E-state index contributed by atoms with van der Waals surface area (Å²) in [6.45, 7) is 1.82. The number of hydrogen-bond acceptors (Lipinski definition) is 5. The number of fused-ring (bicyclic) bond motifs is 1. The average Bonchev–Trinajstić information content (AvgIpc) is 3.16. The maximum Gasteiger partial charge on any atom is 0.266 e. The summed E-state index contributed by atoms with van der Waals surface area (Å²) >= 11 is 25.6. The summed E-state index contributed by atoms with van der Waals surface area (Å²) < 4.78 is 6.42.